The minimum atomic E-state index is -0.287. The van der Waals surface area contributed by atoms with E-state index in [1.807, 2.05) is 24.3 Å². The molecule has 2 N–H and O–H groups in total. The second kappa shape index (κ2) is 8.15. The highest BCUT2D eigenvalue weighted by Gasteiger charge is 2.25. The first-order valence-electron chi connectivity index (χ1n) is 7.89. The van der Waals surface area contributed by atoms with Gasteiger partial charge in [0.2, 0.25) is 0 Å². The summed E-state index contributed by atoms with van der Waals surface area (Å²) in [5.41, 5.74) is 1.72. The third kappa shape index (κ3) is 4.45. The molecule has 2 amide bonds. The average molecular weight is 306 g/mol. The van der Waals surface area contributed by atoms with Gasteiger partial charge in [-0.25, -0.2) is 4.79 Å². The average Bonchev–Trinajstić information content (AvgIpc) is 2.51. The number of benzene rings is 1. The highest BCUT2D eigenvalue weighted by molar-refractivity contribution is 5.90. The maximum Gasteiger partial charge on any atom is 0.321 e. The van der Waals surface area contributed by atoms with Gasteiger partial charge in [-0.3, -0.25) is 0 Å². The lowest BCUT2D eigenvalue weighted by Crippen LogP contribution is -2.40. The first kappa shape index (κ1) is 16.8. The number of para-hydroxylation sites is 1. The van der Waals surface area contributed by atoms with Gasteiger partial charge in [-0.1, -0.05) is 31.0 Å². The second-order valence-corrected chi connectivity index (χ2v) is 6.01. The van der Waals surface area contributed by atoms with E-state index in [1.165, 1.54) is 0 Å². The summed E-state index contributed by atoms with van der Waals surface area (Å²) in [4.78, 5) is 14.0. The number of hydrogen-bond donors (Lipinski definition) is 2. The van der Waals surface area contributed by atoms with Crippen LogP contribution in [0.15, 0.2) is 24.3 Å². The molecule has 0 spiro atoms. The number of rotatable bonds is 5. The van der Waals surface area contributed by atoms with Crippen molar-refractivity contribution in [3.63, 3.8) is 0 Å². The first-order chi connectivity index (χ1) is 10.6. The van der Waals surface area contributed by atoms with Gasteiger partial charge in [0.1, 0.15) is 0 Å². The van der Waals surface area contributed by atoms with E-state index in [2.05, 4.69) is 5.32 Å². The van der Waals surface area contributed by atoms with Crippen LogP contribution in [0.1, 0.15) is 31.2 Å². The van der Waals surface area contributed by atoms with E-state index in [1.54, 1.807) is 19.1 Å². The van der Waals surface area contributed by atoms with Crippen molar-refractivity contribution in [2.45, 2.75) is 38.4 Å². The Morgan fingerprint density at radius 3 is 2.82 bits per heavy atom. The highest BCUT2D eigenvalue weighted by Crippen LogP contribution is 2.25. The molecule has 1 aromatic carbocycles. The number of aliphatic hydroxyl groups is 1. The van der Waals surface area contributed by atoms with Crippen molar-refractivity contribution in [2.24, 2.45) is 5.92 Å². The van der Waals surface area contributed by atoms with Gasteiger partial charge in [-0.15, -0.1) is 0 Å². The Morgan fingerprint density at radius 2 is 2.09 bits per heavy atom. The Balaban J connectivity index is 1.93. The first-order valence-corrected chi connectivity index (χ1v) is 7.89. The van der Waals surface area contributed by atoms with Gasteiger partial charge in [0, 0.05) is 37.9 Å². The van der Waals surface area contributed by atoms with E-state index in [9.17, 15) is 9.90 Å². The lowest BCUT2D eigenvalue weighted by Gasteiger charge is -2.31. The van der Waals surface area contributed by atoms with Gasteiger partial charge in [0.25, 0.3) is 0 Å². The molecular formula is C17H26N2O3. The summed E-state index contributed by atoms with van der Waals surface area (Å²) < 4.78 is 5.15. The maximum absolute atomic E-state index is 12.3. The molecule has 2 rings (SSSR count). The van der Waals surface area contributed by atoms with Crippen molar-refractivity contribution >= 4 is 11.7 Å². The largest absolute Gasteiger partial charge is 0.393 e. The minimum Gasteiger partial charge on any atom is -0.393 e. The SMILES string of the molecule is COCc1ccccc1NC(=O)N(C)CC1CCCCC1O. The second-order valence-electron chi connectivity index (χ2n) is 6.01. The number of ether oxygens (including phenoxy) is 1. The summed E-state index contributed by atoms with van der Waals surface area (Å²) in [5, 5.41) is 13.0. The molecule has 0 heterocycles. The zero-order chi connectivity index (χ0) is 15.9. The summed E-state index contributed by atoms with van der Waals surface area (Å²) >= 11 is 0. The van der Waals surface area contributed by atoms with Crippen molar-refractivity contribution < 1.29 is 14.6 Å². The van der Waals surface area contributed by atoms with E-state index in [4.69, 9.17) is 4.74 Å². The molecule has 22 heavy (non-hydrogen) atoms. The van der Waals surface area contributed by atoms with Crippen molar-refractivity contribution in [3.05, 3.63) is 29.8 Å². The zero-order valence-electron chi connectivity index (χ0n) is 13.4. The Morgan fingerprint density at radius 1 is 1.36 bits per heavy atom. The number of nitrogens with one attached hydrogen (secondary N) is 1. The predicted molar refractivity (Wildman–Crippen MR) is 86.8 cm³/mol. The number of carbonyl (C=O) groups is 1. The van der Waals surface area contributed by atoms with Crippen LogP contribution in [0.3, 0.4) is 0 Å². The smallest absolute Gasteiger partial charge is 0.321 e. The number of amides is 2. The van der Waals surface area contributed by atoms with Crippen LogP contribution in [0.25, 0.3) is 0 Å². The number of anilines is 1. The van der Waals surface area contributed by atoms with Gasteiger partial charge >= 0.3 is 6.03 Å². The summed E-state index contributed by atoms with van der Waals surface area (Å²) in [6.45, 7) is 1.04. The number of nitrogens with zero attached hydrogens (tertiary/aromatic N) is 1. The lowest BCUT2D eigenvalue weighted by molar-refractivity contribution is 0.0575. The van der Waals surface area contributed by atoms with Gasteiger partial charge in [0.15, 0.2) is 0 Å². The molecular weight excluding hydrogens is 280 g/mol. The molecule has 1 fully saturated rings. The van der Waals surface area contributed by atoms with Crippen molar-refractivity contribution in [1.29, 1.82) is 0 Å². The minimum absolute atomic E-state index is 0.152. The molecule has 1 aliphatic carbocycles. The monoisotopic (exact) mass is 306 g/mol. The molecule has 0 aromatic heterocycles. The van der Waals surface area contributed by atoms with E-state index in [0.717, 1.165) is 36.9 Å². The summed E-state index contributed by atoms with van der Waals surface area (Å²) in [7, 11) is 3.41. The van der Waals surface area contributed by atoms with E-state index >= 15 is 0 Å². The third-order valence-electron chi connectivity index (χ3n) is 4.28. The Kier molecular flexibility index (Phi) is 6.21. The van der Waals surface area contributed by atoms with Gasteiger partial charge in [0.05, 0.1) is 12.7 Å². The molecule has 5 nitrogen and oxygen atoms in total. The molecule has 2 atom stereocenters. The van der Waals surface area contributed by atoms with Crippen LogP contribution in [0.4, 0.5) is 10.5 Å². The van der Waals surface area contributed by atoms with E-state index in [0.29, 0.717) is 13.2 Å². The Bertz CT molecular complexity index is 493. The van der Waals surface area contributed by atoms with Crippen LogP contribution in [0, 0.1) is 5.92 Å². The fourth-order valence-corrected chi connectivity index (χ4v) is 2.97. The summed E-state index contributed by atoms with van der Waals surface area (Å²) in [5.74, 6) is 0.179. The van der Waals surface area contributed by atoms with Crippen LogP contribution in [-0.2, 0) is 11.3 Å². The number of methoxy groups -OCH3 is 1. The fraction of sp³-hybridized carbons (Fsp3) is 0.588. The van der Waals surface area contributed by atoms with Gasteiger partial charge < -0.3 is 20.1 Å². The molecule has 2 unspecified atom stereocenters. The fourth-order valence-electron chi connectivity index (χ4n) is 2.97. The van der Waals surface area contributed by atoms with Crippen molar-refractivity contribution in [1.82, 2.24) is 4.90 Å². The van der Waals surface area contributed by atoms with Crippen LogP contribution in [0.2, 0.25) is 0 Å². The normalized spacial score (nSPS) is 21.4. The molecule has 1 aromatic rings. The Labute approximate surface area is 132 Å². The molecule has 122 valence electrons. The Hall–Kier alpha value is -1.59. The summed E-state index contributed by atoms with van der Waals surface area (Å²) in [6.07, 6.45) is 3.76. The number of carbonyl (C=O) groups excluding carboxylic acids is 1. The molecule has 1 aliphatic rings. The maximum atomic E-state index is 12.3. The molecule has 0 saturated heterocycles. The van der Waals surface area contributed by atoms with Crippen molar-refractivity contribution in [2.75, 3.05) is 26.0 Å². The predicted octanol–water partition coefficient (Wildman–Crippen LogP) is 2.85. The molecule has 0 bridgehead atoms. The number of hydrogen-bond acceptors (Lipinski definition) is 3. The summed E-state index contributed by atoms with van der Waals surface area (Å²) in [6, 6.07) is 7.46. The molecule has 0 radical (unpaired) electrons. The lowest BCUT2D eigenvalue weighted by atomic mass is 9.86. The van der Waals surface area contributed by atoms with E-state index in [-0.39, 0.29) is 18.1 Å². The standard InChI is InChI=1S/C17H26N2O3/c1-19(11-13-7-4-6-10-16(13)20)17(21)18-15-9-5-3-8-14(15)12-22-2/h3,5,8-9,13,16,20H,4,6-7,10-12H2,1-2H3,(H,18,21). The van der Waals surface area contributed by atoms with Gasteiger partial charge in [-0.05, 0) is 18.9 Å². The topological polar surface area (TPSA) is 61.8 Å². The van der Waals surface area contributed by atoms with Crippen LogP contribution in [-0.4, -0.2) is 42.8 Å². The van der Waals surface area contributed by atoms with Crippen LogP contribution >= 0.6 is 0 Å². The highest BCUT2D eigenvalue weighted by atomic mass is 16.5. The third-order valence-corrected chi connectivity index (χ3v) is 4.28. The van der Waals surface area contributed by atoms with E-state index < -0.39 is 0 Å². The number of aliphatic hydroxyl groups excluding tert-OH is 1. The quantitative estimate of drug-likeness (QED) is 0.879. The molecule has 0 aliphatic heterocycles. The molecule has 1 saturated carbocycles. The zero-order valence-corrected chi connectivity index (χ0v) is 13.4. The van der Waals surface area contributed by atoms with Crippen LogP contribution < -0.4 is 5.32 Å². The number of urea groups is 1. The van der Waals surface area contributed by atoms with Crippen molar-refractivity contribution in [3.8, 4) is 0 Å². The van der Waals surface area contributed by atoms with Gasteiger partial charge in [-0.2, -0.15) is 0 Å². The van der Waals surface area contributed by atoms with Crippen LogP contribution in [0.5, 0.6) is 0 Å². The molecule has 5 heteroatoms.